The maximum absolute atomic E-state index is 12.4. The van der Waals surface area contributed by atoms with Crippen LogP contribution in [-0.4, -0.2) is 21.9 Å². The first kappa shape index (κ1) is 15.7. The highest BCUT2D eigenvalue weighted by Gasteiger charge is 2.22. The molecule has 2 unspecified atom stereocenters. The van der Waals surface area contributed by atoms with Crippen LogP contribution in [0, 0.1) is 12.8 Å². The summed E-state index contributed by atoms with van der Waals surface area (Å²) in [6.07, 6.45) is 0. The van der Waals surface area contributed by atoms with Crippen LogP contribution in [0.4, 0.5) is 5.69 Å². The average Bonchev–Trinajstić information content (AvgIpc) is 2.37. The van der Waals surface area contributed by atoms with E-state index in [0.717, 1.165) is 5.56 Å². The third-order valence-corrected chi connectivity index (χ3v) is 4.40. The van der Waals surface area contributed by atoms with Crippen molar-refractivity contribution < 1.29 is 9.00 Å². The van der Waals surface area contributed by atoms with Crippen LogP contribution in [0.2, 0.25) is 0 Å². The Bertz CT molecular complexity index is 486. The maximum atomic E-state index is 12.4. The van der Waals surface area contributed by atoms with Gasteiger partial charge >= 0.3 is 0 Å². The molecular weight excluding hydrogens is 260 g/mol. The second-order valence-electron chi connectivity index (χ2n) is 5.12. The van der Waals surface area contributed by atoms with Crippen LogP contribution in [0.25, 0.3) is 0 Å². The highest BCUT2D eigenvalue weighted by molar-refractivity contribution is 7.86. The largest absolute Gasteiger partial charge is 0.398 e. The van der Waals surface area contributed by atoms with E-state index >= 15 is 0 Å². The van der Waals surface area contributed by atoms with E-state index in [-0.39, 0.29) is 5.91 Å². The Balaban J connectivity index is 2.81. The average molecular weight is 282 g/mol. The summed E-state index contributed by atoms with van der Waals surface area (Å²) in [4.78, 5) is 12.4. The van der Waals surface area contributed by atoms with Gasteiger partial charge in [0.05, 0.1) is 15.7 Å². The SMILES string of the molecule is Cc1ccc(N)c(S(=O)C(C)C(=O)NCC(C)C)c1. The molecular formula is C14H22N2O2S. The van der Waals surface area contributed by atoms with Crippen molar-refractivity contribution in [3.63, 3.8) is 0 Å². The van der Waals surface area contributed by atoms with Crippen LogP contribution in [0.3, 0.4) is 0 Å². The Hall–Kier alpha value is -1.36. The number of carbonyl (C=O) groups is 1. The number of anilines is 1. The van der Waals surface area contributed by atoms with E-state index in [0.29, 0.717) is 23.0 Å². The maximum Gasteiger partial charge on any atom is 0.235 e. The quantitative estimate of drug-likeness (QED) is 0.810. The van der Waals surface area contributed by atoms with Crippen LogP contribution in [0.1, 0.15) is 26.3 Å². The number of nitrogens with two attached hydrogens (primary N) is 1. The van der Waals surface area contributed by atoms with Crippen molar-refractivity contribution in [2.45, 2.75) is 37.8 Å². The van der Waals surface area contributed by atoms with Gasteiger partial charge in [-0.25, -0.2) is 0 Å². The summed E-state index contributed by atoms with van der Waals surface area (Å²) in [6.45, 7) is 8.18. The Morgan fingerprint density at radius 1 is 1.37 bits per heavy atom. The second kappa shape index (κ2) is 6.70. The Morgan fingerprint density at radius 2 is 2.00 bits per heavy atom. The molecule has 5 heteroatoms. The summed E-state index contributed by atoms with van der Waals surface area (Å²) in [5.41, 5.74) is 7.27. The van der Waals surface area contributed by atoms with E-state index in [1.807, 2.05) is 26.8 Å². The Labute approximate surface area is 117 Å². The normalized spacial score (nSPS) is 14.2. The molecule has 0 bridgehead atoms. The van der Waals surface area contributed by atoms with Crippen LogP contribution in [-0.2, 0) is 15.6 Å². The predicted octanol–water partition coefficient (Wildman–Crippen LogP) is 1.85. The zero-order chi connectivity index (χ0) is 14.6. The van der Waals surface area contributed by atoms with E-state index in [1.165, 1.54) is 0 Å². The van der Waals surface area contributed by atoms with Crippen molar-refractivity contribution in [2.24, 2.45) is 5.92 Å². The van der Waals surface area contributed by atoms with Gasteiger partial charge in [0.25, 0.3) is 0 Å². The minimum atomic E-state index is -1.43. The topological polar surface area (TPSA) is 72.2 Å². The fourth-order valence-electron chi connectivity index (χ4n) is 1.55. The molecule has 1 rings (SSSR count). The number of carbonyl (C=O) groups excluding carboxylic acids is 1. The second-order valence-corrected chi connectivity index (χ2v) is 6.86. The fraction of sp³-hybridized carbons (Fsp3) is 0.500. The zero-order valence-corrected chi connectivity index (χ0v) is 12.7. The molecule has 0 aliphatic carbocycles. The Kier molecular flexibility index (Phi) is 5.54. The standard InChI is InChI=1S/C14H22N2O2S/c1-9(2)8-16-14(17)11(4)19(18)13-7-10(3)5-6-12(13)15/h5-7,9,11H,8,15H2,1-4H3,(H,16,17). The van der Waals surface area contributed by atoms with Gasteiger partial charge in [0.15, 0.2) is 0 Å². The van der Waals surface area contributed by atoms with Crippen molar-refractivity contribution in [3.8, 4) is 0 Å². The summed E-state index contributed by atoms with van der Waals surface area (Å²) < 4.78 is 12.4. The van der Waals surface area contributed by atoms with Crippen LogP contribution < -0.4 is 11.1 Å². The predicted molar refractivity (Wildman–Crippen MR) is 79.3 cm³/mol. The number of nitrogens with one attached hydrogen (secondary N) is 1. The van der Waals surface area contributed by atoms with Gasteiger partial charge in [0, 0.05) is 12.2 Å². The molecule has 0 saturated heterocycles. The molecule has 19 heavy (non-hydrogen) atoms. The summed E-state index contributed by atoms with van der Waals surface area (Å²) >= 11 is 0. The third kappa shape index (κ3) is 4.35. The number of nitrogen functional groups attached to an aromatic ring is 1. The minimum Gasteiger partial charge on any atom is -0.398 e. The molecule has 1 aromatic carbocycles. The van der Waals surface area contributed by atoms with Gasteiger partial charge in [0.1, 0.15) is 5.25 Å². The van der Waals surface area contributed by atoms with Gasteiger partial charge in [-0.05, 0) is 37.5 Å². The monoisotopic (exact) mass is 282 g/mol. The molecule has 106 valence electrons. The first-order valence-corrected chi connectivity index (χ1v) is 7.58. The lowest BCUT2D eigenvalue weighted by atomic mass is 10.2. The van der Waals surface area contributed by atoms with Gasteiger partial charge in [-0.2, -0.15) is 0 Å². The molecule has 0 heterocycles. The van der Waals surface area contributed by atoms with Crippen molar-refractivity contribution in [2.75, 3.05) is 12.3 Å². The first-order chi connectivity index (χ1) is 8.82. The van der Waals surface area contributed by atoms with Crippen LogP contribution in [0.5, 0.6) is 0 Å². The van der Waals surface area contributed by atoms with Crippen molar-refractivity contribution in [1.82, 2.24) is 5.32 Å². The van der Waals surface area contributed by atoms with E-state index in [4.69, 9.17) is 5.73 Å². The number of amides is 1. The minimum absolute atomic E-state index is 0.201. The van der Waals surface area contributed by atoms with Gasteiger partial charge < -0.3 is 11.1 Å². The molecule has 0 aliphatic heterocycles. The number of benzene rings is 1. The number of hydrogen-bond acceptors (Lipinski definition) is 3. The van der Waals surface area contributed by atoms with Gasteiger partial charge in [0.2, 0.25) is 5.91 Å². The summed E-state index contributed by atoms with van der Waals surface area (Å²) in [6, 6.07) is 5.36. The number of aryl methyl sites for hydroxylation is 1. The van der Waals surface area contributed by atoms with Crippen molar-refractivity contribution in [3.05, 3.63) is 23.8 Å². The van der Waals surface area contributed by atoms with E-state index in [1.54, 1.807) is 19.1 Å². The molecule has 4 nitrogen and oxygen atoms in total. The highest BCUT2D eigenvalue weighted by atomic mass is 32.2. The molecule has 0 aromatic heterocycles. The summed E-state index contributed by atoms with van der Waals surface area (Å²) in [5.74, 6) is 0.168. The molecule has 1 amide bonds. The smallest absolute Gasteiger partial charge is 0.235 e. The molecule has 1 aromatic rings. The van der Waals surface area contributed by atoms with Crippen molar-refractivity contribution >= 4 is 22.4 Å². The lowest BCUT2D eigenvalue weighted by molar-refractivity contribution is -0.120. The van der Waals surface area contributed by atoms with E-state index < -0.39 is 16.0 Å². The fourth-order valence-corrected chi connectivity index (χ4v) is 2.81. The lowest BCUT2D eigenvalue weighted by Gasteiger charge is -2.15. The van der Waals surface area contributed by atoms with Gasteiger partial charge in [-0.3, -0.25) is 9.00 Å². The Morgan fingerprint density at radius 3 is 2.58 bits per heavy atom. The summed E-state index contributed by atoms with van der Waals surface area (Å²) in [5, 5.41) is 2.19. The van der Waals surface area contributed by atoms with Gasteiger partial charge in [-0.15, -0.1) is 0 Å². The lowest BCUT2D eigenvalue weighted by Crippen LogP contribution is -2.37. The number of hydrogen-bond donors (Lipinski definition) is 2. The van der Waals surface area contributed by atoms with Crippen LogP contribution >= 0.6 is 0 Å². The highest BCUT2D eigenvalue weighted by Crippen LogP contribution is 2.20. The molecule has 0 fully saturated rings. The molecule has 0 spiro atoms. The summed E-state index contributed by atoms with van der Waals surface area (Å²) in [7, 11) is -1.43. The first-order valence-electron chi connectivity index (χ1n) is 6.37. The van der Waals surface area contributed by atoms with E-state index in [9.17, 15) is 9.00 Å². The van der Waals surface area contributed by atoms with Crippen LogP contribution in [0.15, 0.2) is 23.1 Å². The molecule has 0 radical (unpaired) electrons. The number of rotatable bonds is 5. The van der Waals surface area contributed by atoms with Gasteiger partial charge in [-0.1, -0.05) is 19.9 Å². The zero-order valence-electron chi connectivity index (χ0n) is 11.9. The van der Waals surface area contributed by atoms with Crippen molar-refractivity contribution in [1.29, 1.82) is 0 Å². The third-order valence-electron chi connectivity index (χ3n) is 2.76. The molecule has 2 atom stereocenters. The van der Waals surface area contributed by atoms with E-state index in [2.05, 4.69) is 5.32 Å². The molecule has 0 aliphatic rings. The molecule has 3 N–H and O–H groups in total. The molecule has 0 saturated carbocycles.